The Morgan fingerprint density at radius 2 is 1.80 bits per heavy atom. The van der Waals surface area contributed by atoms with Gasteiger partial charge in [0.2, 0.25) is 0 Å². The summed E-state index contributed by atoms with van der Waals surface area (Å²) in [4.78, 5) is 11.9. The molecule has 1 aliphatic carbocycles. The van der Waals surface area contributed by atoms with Crippen molar-refractivity contribution in [3.05, 3.63) is 0 Å². The summed E-state index contributed by atoms with van der Waals surface area (Å²) in [5.41, 5.74) is -0.0886. The molecule has 1 aliphatic rings. The molecule has 88 valence electrons. The lowest BCUT2D eigenvalue weighted by Gasteiger charge is -2.24. The van der Waals surface area contributed by atoms with Gasteiger partial charge in [-0.2, -0.15) is 0 Å². The summed E-state index contributed by atoms with van der Waals surface area (Å²) in [5.74, 6) is 1.31. The van der Waals surface area contributed by atoms with E-state index in [1.165, 1.54) is 32.1 Å². The predicted octanol–water partition coefficient (Wildman–Crippen LogP) is 4.35. The van der Waals surface area contributed by atoms with E-state index in [1.807, 2.05) is 0 Å². The number of Topliss-reactive ketones (excluding diaryl/α,β-unsaturated/α-hetero) is 1. The van der Waals surface area contributed by atoms with Crippen molar-refractivity contribution in [1.29, 1.82) is 0 Å². The molecule has 0 unspecified atom stereocenters. The van der Waals surface area contributed by atoms with Crippen LogP contribution in [-0.2, 0) is 4.79 Å². The molecule has 1 heteroatoms. The monoisotopic (exact) mass is 210 g/mol. The van der Waals surface area contributed by atoms with Gasteiger partial charge >= 0.3 is 0 Å². The van der Waals surface area contributed by atoms with Crippen molar-refractivity contribution >= 4 is 5.78 Å². The van der Waals surface area contributed by atoms with Crippen molar-refractivity contribution in [2.24, 2.45) is 11.3 Å². The molecule has 0 heterocycles. The maximum atomic E-state index is 11.9. The van der Waals surface area contributed by atoms with Gasteiger partial charge in [-0.25, -0.2) is 0 Å². The Labute approximate surface area is 94.6 Å². The van der Waals surface area contributed by atoms with E-state index in [0.717, 1.165) is 25.2 Å². The fourth-order valence-electron chi connectivity index (χ4n) is 2.35. The standard InChI is InChI=1S/C14H26O/c1-4-14(2,3)13(15)11-10-12-8-6-5-7-9-12/h12H,4-11H2,1-3H3. The second kappa shape index (κ2) is 5.67. The van der Waals surface area contributed by atoms with E-state index in [2.05, 4.69) is 20.8 Å². The second-order valence-corrected chi connectivity index (χ2v) is 5.70. The molecule has 0 bridgehead atoms. The van der Waals surface area contributed by atoms with Crippen molar-refractivity contribution in [3.8, 4) is 0 Å². The van der Waals surface area contributed by atoms with E-state index in [4.69, 9.17) is 0 Å². The molecule has 0 aromatic heterocycles. The van der Waals surface area contributed by atoms with Crippen LogP contribution in [0.5, 0.6) is 0 Å². The van der Waals surface area contributed by atoms with Gasteiger partial charge in [-0.3, -0.25) is 4.79 Å². The third-order valence-corrected chi connectivity index (χ3v) is 4.14. The molecule has 0 aromatic rings. The lowest BCUT2D eigenvalue weighted by atomic mass is 9.80. The van der Waals surface area contributed by atoms with E-state index < -0.39 is 0 Å². The van der Waals surface area contributed by atoms with Gasteiger partial charge in [0.25, 0.3) is 0 Å². The summed E-state index contributed by atoms with van der Waals surface area (Å²) in [6, 6.07) is 0. The van der Waals surface area contributed by atoms with Gasteiger partial charge in [0, 0.05) is 11.8 Å². The average molecular weight is 210 g/mol. The molecule has 0 N–H and O–H groups in total. The van der Waals surface area contributed by atoms with E-state index in [-0.39, 0.29) is 5.41 Å². The zero-order chi connectivity index (χ0) is 11.3. The highest BCUT2D eigenvalue weighted by atomic mass is 16.1. The largest absolute Gasteiger partial charge is 0.299 e. The third kappa shape index (κ3) is 3.96. The van der Waals surface area contributed by atoms with E-state index in [0.29, 0.717) is 5.78 Å². The van der Waals surface area contributed by atoms with Crippen LogP contribution in [0.1, 0.15) is 72.1 Å². The molecule has 1 fully saturated rings. The lowest BCUT2D eigenvalue weighted by Crippen LogP contribution is -2.24. The molecule has 1 rings (SSSR count). The van der Waals surface area contributed by atoms with Crippen LogP contribution in [0.4, 0.5) is 0 Å². The van der Waals surface area contributed by atoms with Crippen molar-refractivity contribution in [3.63, 3.8) is 0 Å². The van der Waals surface area contributed by atoms with E-state index >= 15 is 0 Å². The van der Waals surface area contributed by atoms with Crippen LogP contribution >= 0.6 is 0 Å². The zero-order valence-electron chi connectivity index (χ0n) is 10.6. The molecule has 0 aliphatic heterocycles. The fourth-order valence-corrected chi connectivity index (χ4v) is 2.35. The Hall–Kier alpha value is -0.330. The van der Waals surface area contributed by atoms with Gasteiger partial charge in [0.1, 0.15) is 5.78 Å². The van der Waals surface area contributed by atoms with Crippen molar-refractivity contribution in [2.75, 3.05) is 0 Å². The second-order valence-electron chi connectivity index (χ2n) is 5.70. The quantitative estimate of drug-likeness (QED) is 0.659. The fraction of sp³-hybridized carbons (Fsp3) is 0.929. The van der Waals surface area contributed by atoms with Gasteiger partial charge in [0.05, 0.1) is 0 Å². The first-order chi connectivity index (χ1) is 7.06. The number of carbonyl (C=O) groups is 1. The van der Waals surface area contributed by atoms with Crippen molar-refractivity contribution in [1.82, 2.24) is 0 Å². The maximum Gasteiger partial charge on any atom is 0.138 e. The Morgan fingerprint density at radius 3 is 2.33 bits per heavy atom. The van der Waals surface area contributed by atoms with Crippen LogP contribution in [0, 0.1) is 11.3 Å². The van der Waals surface area contributed by atoms with Gasteiger partial charge in [-0.15, -0.1) is 0 Å². The summed E-state index contributed by atoms with van der Waals surface area (Å²) in [6.07, 6.45) is 9.82. The van der Waals surface area contributed by atoms with Crippen molar-refractivity contribution < 1.29 is 4.79 Å². The molecule has 15 heavy (non-hydrogen) atoms. The predicted molar refractivity (Wildman–Crippen MR) is 64.9 cm³/mol. The summed E-state index contributed by atoms with van der Waals surface area (Å²) < 4.78 is 0. The lowest BCUT2D eigenvalue weighted by molar-refractivity contribution is -0.127. The number of rotatable bonds is 5. The normalized spacial score (nSPS) is 19.1. The summed E-state index contributed by atoms with van der Waals surface area (Å²) in [5, 5.41) is 0. The Morgan fingerprint density at radius 1 is 1.20 bits per heavy atom. The van der Waals surface area contributed by atoms with Crippen LogP contribution in [-0.4, -0.2) is 5.78 Å². The number of hydrogen-bond acceptors (Lipinski definition) is 1. The molecule has 0 saturated heterocycles. The first kappa shape index (κ1) is 12.7. The number of carbonyl (C=O) groups excluding carboxylic acids is 1. The molecule has 0 atom stereocenters. The molecule has 0 radical (unpaired) electrons. The first-order valence-corrected chi connectivity index (χ1v) is 6.59. The zero-order valence-corrected chi connectivity index (χ0v) is 10.6. The molecule has 0 amide bonds. The minimum absolute atomic E-state index is 0.0886. The molecular weight excluding hydrogens is 184 g/mol. The molecule has 0 aromatic carbocycles. The summed E-state index contributed by atoms with van der Waals surface area (Å²) in [6.45, 7) is 6.27. The van der Waals surface area contributed by atoms with Gasteiger partial charge in [0.15, 0.2) is 0 Å². The Kier molecular flexibility index (Phi) is 4.82. The van der Waals surface area contributed by atoms with Gasteiger partial charge in [-0.05, 0) is 18.8 Å². The molecule has 1 saturated carbocycles. The summed E-state index contributed by atoms with van der Waals surface area (Å²) in [7, 11) is 0. The number of hydrogen-bond donors (Lipinski definition) is 0. The Bertz CT molecular complexity index is 199. The van der Waals surface area contributed by atoms with E-state index in [1.54, 1.807) is 0 Å². The molecule has 1 nitrogen and oxygen atoms in total. The van der Waals surface area contributed by atoms with E-state index in [9.17, 15) is 4.79 Å². The molecular formula is C14H26O. The first-order valence-electron chi connectivity index (χ1n) is 6.59. The van der Waals surface area contributed by atoms with Crippen molar-refractivity contribution in [2.45, 2.75) is 72.1 Å². The van der Waals surface area contributed by atoms with Crippen LogP contribution in [0.3, 0.4) is 0 Å². The highest BCUT2D eigenvalue weighted by Crippen LogP contribution is 2.30. The Balaban J connectivity index is 2.26. The highest BCUT2D eigenvalue weighted by Gasteiger charge is 2.25. The minimum atomic E-state index is -0.0886. The number of ketones is 1. The topological polar surface area (TPSA) is 17.1 Å². The van der Waals surface area contributed by atoms with Crippen LogP contribution < -0.4 is 0 Å². The average Bonchev–Trinajstić information content (AvgIpc) is 2.27. The minimum Gasteiger partial charge on any atom is -0.299 e. The molecule has 0 spiro atoms. The van der Waals surface area contributed by atoms with Crippen LogP contribution in [0.15, 0.2) is 0 Å². The van der Waals surface area contributed by atoms with Gasteiger partial charge in [-0.1, -0.05) is 52.9 Å². The SMILES string of the molecule is CCC(C)(C)C(=O)CCC1CCCCC1. The maximum absolute atomic E-state index is 11.9. The van der Waals surface area contributed by atoms with Crippen LogP contribution in [0.25, 0.3) is 0 Å². The summed E-state index contributed by atoms with van der Waals surface area (Å²) >= 11 is 0. The third-order valence-electron chi connectivity index (χ3n) is 4.14. The smallest absolute Gasteiger partial charge is 0.138 e. The van der Waals surface area contributed by atoms with Gasteiger partial charge < -0.3 is 0 Å². The van der Waals surface area contributed by atoms with Crippen LogP contribution in [0.2, 0.25) is 0 Å². The highest BCUT2D eigenvalue weighted by molar-refractivity contribution is 5.83.